The summed E-state index contributed by atoms with van der Waals surface area (Å²) in [6.07, 6.45) is 8.35. The highest BCUT2D eigenvalue weighted by atomic mass is 35.5. The van der Waals surface area contributed by atoms with E-state index in [1.54, 1.807) is 0 Å². The van der Waals surface area contributed by atoms with E-state index in [4.69, 9.17) is 11.6 Å². The van der Waals surface area contributed by atoms with Crippen LogP contribution < -0.4 is 0 Å². The molecule has 6 heteroatoms. The third-order valence-corrected chi connectivity index (χ3v) is 6.91. The fraction of sp³-hybridized carbons (Fsp3) is 0.769. The van der Waals surface area contributed by atoms with Crippen LogP contribution in [0.3, 0.4) is 0 Å². The molecule has 1 heterocycles. The molecule has 4 nitrogen and oxygen atoms in total. The summed E-state index contributed by atoms with van der Waals surface area (Å²) in [5.41, 5.74) is 1.89. The standard InChI is InChI=1S/C13H19ClN2O2S/c14-10-5-7-11(8-6-10)19(17,18)16-9-15-12-3-1-2-4-13(12)16/h9-11H,1-8H2. The summed E-state index contributed by atoms with van der Waals surface area (Å²) in [5, 5.41) is -0.147. The van der Waals surface area contributed by atoms with Crippen LogP contribution in [0.25, 0.3) is 0 Å². The number of aromatic nitrogens is 2. The van der Waals surface area contributed by atoms with Crippen molar-refractivity contribution in [2.75, 3.05) is 0 Å². The molecule has 0 aromatic carbocycles. The summed E-state index contributed by atoms with van der Waals surface area (Å²) in [4.78, 5) is 4.29. The zero-order valence-corrected chi connectivity index (χ0v) is 12.5. The van der Waals surface area contributed by atoms with Gasteiger partial charge in [0.2, 0.25) is 0 Å². The van der Waals surface area contributed by atoms with Gasteiger partial charge in [-0.3, -0.25) is 0 Å². The van der Waals surface area contributed by atoms with Crippen LogP contribution in [0.15, 0.2) is 6.33 Å². The molecule has 1 unspecified atom stereocenters. The Labute approximate surface area is 119 Å². The summed E-state index contributed by atoms with van der Waals surface area (Å²) in [7, 11) is -3.29. The lowest BCUT2D eigenvalue weighted by atomic mass is 10.00. The Kier molecular flexibility index (Phi) is 3.71. The third-order valence-electron chi connectivity index (χ3n) is 4.29. The van der Waals surface area contributed by atoms with Gasteiger partial charge in [0.05, 0.1) is 11.4 Å². The average molecular weight is 303 g/mol. The second-order valence-corrected chi connectivity index (χ2v) is 8.27. The van der Waals surface area contributed by atoms with Crippen LogP contribution in [0.4, 0.5) is 0 Å². The first-order chi connectivity index (χ1) is 9.09. The number of aryl methyl sites for hydroxylation is 1. The molecule has 0 radical (unpaired) electrons. The molecule has 0 N–H and O–H groups in total. The van der Waals surface area contributed by atoms with E-state index in [0.717, 1.165) is 49.9 Å². The molecule has 0 spiro atoms. The molecule has 1 saturated carbocycles. The van der Waals surface area contributed by atoms with Crippen LogP contribution in [-0.2, 0) is 27.5 Å². The number of rotatable bonds is 2. The van der Waals surface area contributed by atoms with Crippen LogP contribution in [0, 0.1) is 0 Å². The lowest BCUT2D eigenvalue weighted by Gasteiger charge is -2.30. The topological polar surface area (TPSA) is 57.9 Å². The molecular formula is C13H19ClN2O2S. The SMILES string of the molecule is O=[S+]([O-])(C1CCC(Cl)CC1)n1cnc2c1CCCC2. The molecule has 2 aliphatic carbocycles. The van der Waals surface area contributed by atoms with Crippen LogP contribution in [0.2, 0.25) is 0 Å². The summed E-state index contributed by atoms with van der Waals surface area (Å²) in [6.45, 7) is 0. The molecule has 0 saturated heterocycles. The lowest BCUT2D eigenvalue weighted by Crippen LogP contribution is -2.38. The van der Waals surface area contributed by atoms with Gasteiger partial charge in [0.15, 0.2) is 10.4 Å². The lowest BCUT2D eigenvalue weighted by molar-refractivity contribution is 0.418. The van der Waals surface area contributed by atoms with Crippen LogP contribution in [0.1, 0.15) is 49.9 Å². The van der Waals surface area contributed by atoms with Crippen molar-refractivity contribution in [3.8, 4) is 0 Å². The first-order valence-corrected chi connectivity index (χ1v) is 8.96. The first kappa shape index (κ1) is 13.6. The van der Waals surface area contributed by atoms with Crippen molar-refractivity contribution in [3.63, 3.8) is 0 Å². The van der Waals surface area contributed by atoms with E-state index in [1.165, 1.54) is 10.3 Å². The minimum absolute atomic E-state index is 0.142. The molecule has 1 aromatic heterocycles. The third kappa shape index (κ3) is 2.48. The van der Waals surface area contributed by atoms with Crippen molar-refractivity contribution in [3.05, 3.63) is 17.7 Å². The first-order valence-electron chi connectivity index (χ1n) is 7.02. The van der Waals surface area contributed by atoms with Gasteiger partial charge >= 0.3 is 0 Å². The number of hydrogen-bond donors (Lipinski definition) is 0. The van der Waals surface area contributed by atoms with E-state index in [1.807, 2.05) is 0 Å². The predicted octanol–water partition coefficient (Wildman–Crippen LogP) is 2.70. The molecule has 19 heavy (non-hydrogen) atoms. The fourth-order valence-corrected chi connectivity index (χ4v) is 5.27. The normalized spacial score (nSPS) is 30.6. The maximum atomic E-state index is 12.7. The average Bonchev–Trinajstić information content (AvgIpc) is 2.83. The fourth-order valence-electron chi connectivity index (χ4n) is 3.14. The van der Waals surface area contributed by atoms with Crippen molar-refractivity contribution in [1.29, 1.82) is 0 Å². The van der Waals surface area contributed by atoms with E-state index >= 15 is 0 Å². The Morgan fingerprint density at radius 1 is 1.26 bits per heavy atom. The minimum atomic E-state index is -3.29. The van der Waals surface area contributed by atoms with Crippen molar-refractivity contribution in [1.82, 2.24) is 8.96 Å². The Bertz CT molecular complexity index is 509. The van der Waals surface area contributed by atoms with E-state index in [0.29, 0.717) is 12.8 Å². The maximum Gasteiger partial charge on any atom is 0.156 e. The van der Waals surface area contributed by atoms with Gasteiger partial charge in [-0.15, -0.1) is 11.6 Å². The molecule has 0 aliphatic heterocycles. The number of fused-ring (bicyclic) bond motifs is 1. The molecular weight excluding hydrogens is 284 g/mol. The molecule has 1 aromatic rings. The zero-order valence-electron chi connectivity index (χ0n) is 10.9. The zero-order chi connectivity index (χ0) is 13.5. The van der Waals surface area contributed by atoms with Crippen LogP contribution in [-0.4, -0.2) is 24.1 Å². The number of alkyl halides is 1. The summed E-state index contributed by atoms with van der Waals surface area (Å²) in [5.74, 6) is 0. The van der Waals surface area contributed by atoms with Crippen LogP contribution in [0.5, 0.6) is 0 Å². The van der Waals surface area contributed by atoms with E-state index in [2.05, 4.69) is 4.98 Å². The Morgan fingerprint density at radius 2 is 1.95 bits per heavy atom. The molecule has 0 bridgehead atoms. The molecule has 0 amide bonds. The number of nitrogens with zero attached hydrogens (tertiary/aromatic N) is 2. The van der Waals surface area contributed by atoms with Crippen molar-refractivity contribution in [2.45, 2.75) is 62.0 Å². The van der Waals surface area contributed by atoms with E-state index < -0.39 is 10.4 Å². The number of imidazole rings is 1. The van der Waals surface area contributed by atoms with Crippen molar-refractivity contribution >= 4 is 22.0 Å². The van der Waals surface area contributed by atoms with E-state index in [-0.39, 0.29) is 10.6 Å². The Balaban J connectivity index is 1.87. The quantitative estimate of drug-likeness (QED) is 0.623. The molecule has 3 rings (SSSR count). The van der Waals surface area contributed by atoms with Crippen molar-refractivity contribution in [2.24, 2.45) is 0 Å². The second kappa shape index (κ2) is 5.19. The minimum Gasteiger partial charge on any atom is -0.592 e. The number of hydrogen-bond acceptors (Lipinski definition) is 3. The van der Waals surface area contributed by atoms with Gasteiger partial charge in [0.1, 0.15) is 11.6 Å². The van der Waals surface area contributed by atoms with Gasteiger partial charge in [-0.1, -0.05) is 4.21 Å². The summed E-state index contributed by atoms with van der Waals surface area (Å²) < 4.78 is 26.9. The largest absolute Gasteiger partial charge is 0.592 e. The second-order valence-electron chi connectivity index (χ2n) is 5.56. The van der Waals surface area contributed by atoms with E-state index in [9.17, 15) is 8.76 Å². The van der Waals surface area contributed by atoms with Gasteiger partial charge in [-0.2, -0.15) is 3.97 Å². The van der Waals surface area contributed by atoms with Gasteiger partial charge in [0.25, 0.3) is 0 Å². The molecule has 2 aliphatic rings. The number of halogens is 1. The highest BCUT2D eigenvalue weighted by molar-refractivity contribution is 7.96. The highest BCUT2D eigenvalue weighted by Crippen LogP contribution is 2.33. The molecule has 1 atom stereocenters. The van der Waals surface area contributed by atoms with Gasteiger partial charge in [-0.05, 0) is 51.4 Å². The van der Waals surface area contributed by atoms with Gasteiger partial charge in [0, 0.05) is 5.38 Å². The monoisotopic (exact) mass is 302 g/mol. The smallest absolute Gasteiger partial charge is 0.156 e. The highest BCUT2D eigenvalue weighted by Gasteiger charge is 2.37. The molecule has 1 fully saturated rings. The van der Waals surface area contributed by atoms with Crippen LogP contribution >= 0.6 is 11.6 Å². The maximum absolute atomic E-state index is 12.7. The van der Waals surface area contributed by atoms with Gasteiger partial charge in [-0.25, -0.2) is 4.98 Å². The Hall–Kier alpha value is -0.390. The summed E-state index contributed by atoms with van der Waals surface area (Å²) >= 11 is 6.06. The predicted molar refractivity (Wildman–Crippen MR) is 75.0 cm³/mol. The van der Waals surface area contributed by atoms with Gasteiger partial charge < -0.3 is 4.55 Å². The summed E-state index contributed by atoms with van der Waals surface area (Å²) in [6, 6.07) is 0. The molecule has 106 valence electrons. The van der Waals surface area contributed by atoms with Crippen molar-refractivity contribution < 1.29 is 8.76 Å². The Morgan fingerprint density at radius 3 is 2.68 bits per heavy atom.